The summed E-state index contributed by atoms with van der Waals surface area (Å²) in [4.78, 5) is 12.0. The van der Waals surface area contributed by atoms with Crippen LogP contribution in [0.4, 0.5) is 14.5 Å². The van der Waals surface area contributed by atoms with Gasteiger partial charge in [0.25, 0.3) is 5.91 Å². The number of carbonyl (C=O) groups excluding carboxylic acids is 1. The summed E-state index contributed by atoms with van der Waals surface area (Å²) in [7, 11) is 1.49. The molecule has 0 saturated heterocycles. The molecule has 20 heavy (non-hydrogen) atoms. The van der Waals surface area contributed by atoms with Crippen LogP contribution in [0.1, 0.15) is 10.4 Å². The first-order valence-electron chi connectivity index (χ1n) is 5.62. The van der Waals surface area contributed by atoms with Crippen LogP contribution < -0.4 is 10.1 Å². The van der Waals surface area contributed by atoms with Crippen LogP contribution in [0.25, 0.3) is 0 Å². The summed E-state index contributed by atoms with van der Waals surface area (Å²) in [5.41, 5.74) is 0.0396. The lowest BCUT2D eigenvalue weighted by atomic mass is 10.2. The highest BCUT2D eigenvalue weighted by molar-refractivity contribution is 9.10. The van der Waals surface area contributed by atoms with Crippen LogP contribution >= 0.6 is 15.9 Å². The zero-order chi connectivity index (χ0) is 14.7. The molecular formula is C14H10BrF2NO2. The molecule has 0 bridgehead atoms. The van der Waals surface area contributed by atoms with Gasteiger partial charge in [0.05, 0.1) is 18.4 Å². The highest BCUT2D eigenvalue weighted by atomic mass is 79.9. The molecule has 6 heteroatoms. The highest BCUT2D eigenvalue weighted by Gasteiger charge is 2.16. The lowest BCUT2D eigenvalue weighted by molar-refractivity contribution is 0.102. The third-order valence-corrected chi connectivity index (χ3v) is 3.31. The molecule has 2 rings (SSSR count). The normalized spacial score (nSPS) is 10.2. The van der Waals surface area contributed by atoms with E-state index in [-0.39, 0.29) is 5.56 Å². The Labute approximate surface area is 122 Å². The minimum absolute atomic E-state index is 0.361. The van der Waals surface area contributed by atoms with E-state index in [4.69, 9.17) is 4.74 Å². The van der Waals surface area contributed by atoms with Crippen molar-refractivity contribution in [2.45, 2.75) is 0 Å². The van der Waals surface area contributed by atoms with Crippen molar-refractivity contribution in [1.82, 2.24) is 0 Å². The van der Waals surface area contributed by atoms with Gasteiger partial charge in [-0.2, -0.15) is 0 Å². The van der Waals surface area contributed by atoms with Crippen molar-refractivity contribution in [1.29, 1.82) is 0 Å². The van der Waals surface area contributed by atoms with Gasteiger partial charge in [0.15, 0.2) is 11.6 Å². The third kappa shape index (κ3) is 2.96. The second-order valence-corrected chi connectivity index (χ2v) is 4.76. The molecular weight excluding hydrogens is 332 g/mol. The Bertz CT molecular complexity index is 662. The summed E-state index contributed by atoms with van der Waals surface area (Å²) < 4.78 is 32.3. The third-order valence-electron chi connectivity index (χ3n) is 2.62. The summed E-state index contributed by atoms with van der Waals surface area (Å²) in [6.07, 6.45) is 0. The lowest BCUT2D eigenvalue weighted by Gasteiger charge is -2.10. The van der Waals surface area contributed by atoms with Crippen molar-refractivity contribution >= 4 is 27.5 Å². The van der Waals surface area contributed by atoms with Crippen LogP contribution in [-0.2, 0) is 0 Å². The summed E-state index contributed by atoms with van der Waals surface area (Å²) in [6.45, 7) is 0. The van der Waals surface area contributed by atoms with Crippen LogP contribution in [-0.4, -0.2) is 13.0 Å². The number of halogens is 3. The standard InChI is InChI=1S/C14H10BrF2NO2/c1-20-8-5-6-10(15)12(7-8)18-14(19)9-3-2-4-11(16)13(9)17/h2-7H,1H3,(H,18,19). The predicted octanol–water partition coefficient (Wildman–Crippen LogP) is 3.99. The van der Waals surface area contributed by atoms with Gasteiger partial charge in [0, 0.05) is 10.5 Å². The van der Waals surface area contributed by atoms with E-state index in [2.05, 4.69) is 21.2 Å². The van der Waals surface area contributed by atoms with Crippen molar-refractivity contribution < 1.29 is 18.3 Å². The largest absolute Gasteiger partial charge is 0.497 e. The van der Waals surface area contributed by atoms with Gasteiger partial charge < -0.3 is 10.1 Å². The summed E-state index contributed by atoms with van der Waals surface area (Å²) in [6, 6.07) is 8.38. The molecule has 104 valence electrons. The fourth-order valence-electron chi connectivity index (χ4n) is 1.60. The second kappa shape index (κ2) is 6.00. The molecule has 1 amide bonds. The summed E-state index contributed by atoms with van der Waals surface area (Å²) >= 11 is 3.26. The predicted molar refractivity (Wildman–Crippen MR) is 75.0 cm³/mol. The van der Waals surface area contributed by atoms with E-state index < -0.39 is 17.5 Å². The van der Waals surface area contributed by atoms with Gasteiger partial charge in [-0.3, -0.25) is 4.79 Å². The van der Waals surface area contributed by atoms with Crippen molar-refractivity contribution in [3.8, 4) is 5.75 Å². The van der Waals surface area contributed by atoms with Crippen LogP contribution in [0.2, 0.25) is 0 Å². The number of amides is 1. The molecule has 0 aliphatic heterocycles. The van der Waals surface area contributed by atoms with E-state index in [1.165, 1.54) is 19.2 Å². The van der Waals surface area contributed by atoms with E-state index in [1.54, 1.807) is 18.2 Å². The molecule has 0 unspecified atom stereocenters. The number of hydrogen-bond acceptors (Lipinski definition) is 2. The Morgan fingerprint density at radius 1 is 1.25 bits per heavy atom. The van der Waals surface area contributed by atoms with E-state index >= 15 is 0 Å². The first-order valence-corrected chi connectivity index (χ1v) is 6.41. The van der Waals surface area contributed by atoms with Gasteiger partial charge in [-0.15, -0.1) is 0 Å². The number of carbonyl (C=O) groups is 1. The number of methoxy groups -OCH3 is 1. The first kappa shape index (κ1) is 14.5. The highest BCUT2D eigenvalue weighted by Crippen LogP contribution is 2.27. The van der Waals surface area contributed by atoms with Gasteiger partial charge in [0.1, 0.15) is 5.75 Å². The van der Waals surface area contributed by atoms with Gasteiger partial charge in [0.2, 0.25) is 0 Å². The van der Waals surface area contributed by atoms with Crippen LogP contribution in [0, 0.1) is 11.6 Å². The molecule has 0 radical (unpaired) electrons. The average Bonchev–Trinajstić information content (AvgIpc) is 2.44. The molecule has 0 fully saturated rings. The van der Waals surface area contributed by atoms with Crippen LogP contribution in [0.15, 0.2) is 40.9 Å². The van der Waals surface area contributed by atoms with Gasteiger partial charge in [-0.05, 0) is 40.2 Å². The maximum atomic E-state index is 13.5. The van der Waals surface area contributed by atoms with Crippen molar-refractivity contribution in [2.75, 3.05) is 12.4 Å². The number of hydrogen-bond donors (Lipinski definition) is 1. The molecule has 1 N–H and O–H groups in total. The minimum Gasteiger partial charge on any atom is -0.497 e. The molecule has 0 spiro atoms. The van der Waals surface area contributed by atoms with Crippen molar-refractivity contribution in [3.63, 3.8) is 0 Å². The van der Waals surface area contributed by atoms with Gasteiger partial charge >= 0.3 is 0 Å². The molecule has 0 atom stereocenters. The fourth-order valence-corrected chi connectivity index (χ4v) is 1.94. The number of nitrogens with one attached hydrogen (secondary N) is 1. The zero-order valence-electron chi connectivity index (χ0n) is 10.4. The van der Waals surface area contributed by atoms with Crippen molar-refractivity contribution in [2.24, 2.45) is 0 Å². The molecule has 3 nitrogen and oxygen atoms in total. The van der Waals surface area contributed by atoms with E-state index in [1.807, 2.05) is 0 Å². The second-order valence-electron chi connectivity index (χ2n) is 3.90. The number of benzene rings is 2. The van der Waals surface area contributed by atoms with Crippen LogP contribution in [0.3, 0.4) is 0 Å². The monoisotopic (exact) mass is 341 g/mol. The Morgan fingerprint density at radius 3 is 2.70 bits per heavy atom. The molecule has 0 aromatic heterocycles. The minimum atomic E-state index is -1.18. The quantitative estimate of drug-likeness (QED) is 0.916. The van der Waals surface area contributed by atoms with Gasteiger partial charge in [-0.25, -0.2) is 8.78 Å². The summed E-state index contributed by atoms with van der Waals surface area (Å²) in [5.74, 6) is -2.45. The van der Waals surface area contributed by atoms with E-state index in [0.29, 0.717) is 15.9 Å². The smallest absolute Gasteiger partial charge is 0.258 e. The Kier molecular flexibility index (Phi) is 4.34. The molecule has 0 saturated carbocycles. The first-order chi connectivity index (χ1) is 9.52. The Hall–Kier alpha value is -1.95. The maximum Gasteiger partial charge on any atom is 0.258 e. The average molecular weight is 342 g/mol. The molecule has 0 heterocycles. The molecule has 2 aromatic carbocycles. The van der Waals surface area contributed by atoms with Crippen molar-refractivity contribution in [3.05, 3.63) is 58.1 Å². The maximum absolute atomic E-state index is 13.5. The molecule has 0 aliphatic carbocycles. The number of ether oxygens (including phenoxy) is 1. The van der Waals surface area contributed by atoms with Gasteiger partial charge in [-0.1, -0.05) is 6.07 Å². The summed E-state index contributed by atoms with van der Waals surface area (Å²) in [5, 5.41) is 2.50. The lowest BCUT2D eigenvalue weighted by Crippen LogP contribution is -2.14. The van der Waals surface area contributed by atoms with Crippen LogP contribution in [0.5, 0.6) is 5.75 Å². The fraction of sp³-hybridized carbons (Fsp3) is 0.0714. The molecule has 2 aromatic rings. The molecule has 0 aliphatic rings. The Morgan fingerprint density at radius 2 is 2.00 bits per heavy atom. The van der Waals surface area contributed by atoms with E-state index in [9.17, 15) is 13.6 Å². The topological polar surface area (TPSA) is 38.3 Å². The SMILES string of the molecule is COc1ccc(Br)c(NC(=O)c2cccc(F)c2F)c1. The number of rotatable bonds is 3. The number of anilines is 1. The van der Waals surface area contributed by atoms with E-state index in [0.717, 1.165) is 6.07 Å². The zero-order valence-corrected chi connectivity index (χ0v) is 12.0. The Balaban J connectivity index is 2.30.